The lowest BCUT2D eigenvalue weighted by molar-refractivity contribution is 0.111. The molecule has 0 aromatic heterocycles. The highest BCUT2D eigenvalue weighted by molar-refractivity contribution is 7.91. The maximum Gasteiger partial charge on any atom is 0.152 e. The van der Waals surface area contributed by atoms with E-state index in [4.69, 9.17) is 0 Å². The Balaban J connectivity index is 2.08. The zero-order valence-corrected chi connectivity index (χ0v) is 13.6. The zero-order valence-electron chi connectivity index (χ0n) is 12.8. The van der Waals surface area contributed by atoms with E-state index in [1.54, 1.807) is 0 Å². The van der Waals surface area contributed by atoms with Gasteiger partial charge in [-0.05, 0) is 37.5 Å². The van der Waals surface area contributed by atoms with Crippen LogP contribution in [0.5, 0.6) is 0 Å². The standard InChI is InChI=1S/C15H29NO2S/c1-14(2,3)12-7-5-6-8-13(12)16-15(4)9-10-19(17,18)11-15/h12-13,16H,5-11H2,1-4H3. The van der Waals surface area contributed by atoms with Crippen LogP contribution in [-0.4, -0.2) is 31.5 Å². The Bertz CT molecular complexity index is 424. The average Bonchev–Trinajstić information content (AvgIpc) is 2.52. The van der Waals surface area contributed by atoms with Crippen LogP contribution in [-0.2, 0) is 9.84 Å². The van der Waals surface area contributed by atoms with Gasteiger partial charge < -0.3 is 5.32 Å². The molecule has 3 nitrogen and oxygen atoms in total. The van der Waals surface area contributed by atoms with Crippen molar-refractivity contribution in [2.24, 2.45) is 11.3 Å². The summed E-state index contributed by atoms with van der Waals surface area (Å²) in [6, 6.07) is 0.479. The largest absolute Gasteiger partial charge is 0.307 e. The molecule has 1 saturated heterocycles. The second kappa shape index (κ2) is 5.03. The van der Waals surface area contributed by atoms with Gasteiger partial charge in [0.1, 0.15) is 0 Å². The summed E-state index contributed by atoms with van der Waals surface area (Å²) in [5.74, 6) is 1.32. The maximum atomic E-state index is 11.7. The van der Waals surface area contributed by atoms with Crippen LogP contribution in [0.4, 0.5) is 0 Å². The van der Waals surface area contributed by atoms with E-state index in [0.717, 1.165) is 6.42 Å². The molecule has 2 rings (SSSR count). The monoisotopic (exact) mass is 287 g/mol. The van der Waals surface area contributed by atoms with Gasteiger partial charge in [0, 0.05) is 11.6 Å². The number of hydrogen-bond donors (Lipinski definition) is 1. The second-order valence-electron chi connectivity index (χ2n) is 7.91. The Morgan fingerprint density at radius 2 is 1.79 bits per heavy atom. The lowest BCUT2D eigenvalue weighted by Crippen LogP contribution is -2.54. The first-order valence-corrected chi connectivity index (χ1v) is 9.42. The minimum atomic E-state index is -2.82. The molecule has 1 N–H and O–H groups in total. The van der Waals surface area contributed by atoms with Crippen molar-refractivity contribution in [3.63, 3.8) is 0 Å². The van der Waals surface area contributed by atoms with Gasteiger partial charge in [-0.25, -0.2) is 8.42 Å². The third kappa shape index (κ3) is 3.72. The van der Waals surface area contributed by atoms with E-state index < -0.39 is 9.84 Å². The maximum absolute atomic E-state index is 11.7. The van der Waals surface area contributed by atoms with Crippen LogP contribution in [0.15, 0.2) is 0 Å². The molecule has 3 atom stereocenters. The zero-order chi connectivity index (χ0) is 14.3. The highest BCUT2D eigenvalue weighted by Crippen LogP contribution is 2.39. The fraction of sp³-hybridized carbons (Fsp3) is 1.00. The summed E-state index contributed by atoms with van der Waals surface area (Å²) in [4.78, 5) is 0. The Kier molecular flexibility index (Phi) is 4.05. The minimum Gasteiger partial charge on any atom is -0.307 e. The first kappa shape index (κ1) is 15.3. The third-order valence-electron chi connectivity index (χ3n) is 4.92. The lowest BCUT2D eigenvalue weighted by atomic mass is 9.69. The van der Waals surface area contributed by atoms with Gasteiger partial charge in [-0.1, -0.05) is 33.6 Å². The number of hydrogen-bond acceptors (Lipinski definition) is 3. The highest BCUT2D eigenvalue weighted by Gasteiger charge is 2.43. The second-order valence-corrected chi connectivity index (χ2v) is 10.1. The summed E-state index contributed by atoms with van der Waals surface area (Å²) in [7, 11) is -2.82. The van der Waals surface area contributed by atoms with Gasteiger partial charge in [0.25, 0.3) is 0 Å². The molecule has 0 aromatic rings. The molecular formula is C15H29NO2S. The van der Waals surface area contributed by atoms with Crippen molar-refractivity contribution in [1.82, 2.24) is 5.32 Å². The van der Waals surface area contributed by atoms with Gasteiger partial charge in [0.2, 0.25) is 0 Å². The minimum absolute atomic E-state index is 0.204. The van der Waals surface area contributed by atoms with Crippen LogP contribution in [0, 0.1) is 11.3 Å². The molecule has 0 radical (unpaired) electrons. The van der Waals surface area contributed by atoms with Crippen LogP contribution in [0.2, 0.25) is 0 Å². The molecule has 112 valence electrons. The summed E-state index contributed by atoms with van der Waals surface area (Å²) in [6.07, 6.45) is 5.81. The first-order chi connectivity index (χ1) is 8.61. The van der Waals surface area contributed by atoms with E-state index in [1.807, 2.05) is 0 Å². The Hall–Kier alpha value is -0.0900. The van der Waals surface area contributed by atoms with Crippen LogP contribution >= 0.6 is 0 Å². The van der Waals surface area contributed by atoms with E-state index >= 15 is 0 Å². The Morgan fingerprint density at radius 3 is 2.32 bits per heavy atom. The lowest BCUT2D eigenvalue weighted by Gasteiger charge is -2.44. The van der Waals surface area contributed by atoms with Gasteiger partial charge in [0.15, 0.2) is 9.84 Å². The van der Waals surface area contributed by atoms with E-state index in [2.05, 4.69) is 33.0 Å². The Morgan fingerprint density at radius 1 is 1.16 bits per heavy atom. The molecule has 2 aliphatic rings. The molecule has 1 saturated carbocycles. The molecule has 2 fully saturated rings. The molecule has 0 spiro atoms. The highest BCUT2D eigenvalue weighted by atomic mass is 32.2. The fourth-order valence-corrected chi connectivity index (χ4v) is 6.02. The van der Waals surface area contributed by atoms with E-state index in [1.165, 1.54) is 25.7 Å². The SMILES string of the molecule is CC1(NC2CCCCC2C(C)(C)C)CCS(=O)(=O)C1. The van der Waals surface area contributed by atoms with Gasteiger partial charge in [-0.2, -0.15) is 0 Å². The quantitative estimate of drug-likeness (QED) is 0.849. The van der Waals surface area contributed by atoms with Gasteiger partial charge in [0.05, 0.1) is 11.5 Å². The number of rotatable bonds is 2. The van der Waals surface area contributed by atoms with E-state index in [0.29, 0.717) is 28.9 Å². The smallest absolute Gasteiger partial charge is 0.152 e. The Labute approximate surface area is 118 Å². The fourth-order valence-electron chi connectivity index (χ4n) is 3.91. The summed E-state index contributed by atoms with van der Waals surface area (Å²) >= 11 is 0. The van der Waals surface area contributed by atoms with Crippen molar-refractivity contribution in [3.8, 4) is 0 Å². The number of nitrogens with one attached hydrogen (secondary N) is 1. The van der Waals surface area contributed by atoms with Crippen LogP contribution in [0.3, 0.4) is 0 Å². The summed E-state index contributed by atoms with van der Waals surface area (Å²) in [6.45, 7) is 9.02. The molecule has 0 aromatic carbocycles. The van der Waals surface area contributed by atoms with E-state index in [9.17, 15) is 8.42 Å². The number of sulfone groups is 1. The molecule has 0 amide bonds. The van der Waals surface area contributed by atoms with Crippen LogP contribution in [0.1, 0.15) is 59.8 Å². The summed E-state index contributed by atoms with van der Waals surface area (Å²) in [5, 5.41) is 3.73. The van der Waals surface area contributed by atoms with Crippen molar-refractivity contribution in [2.75, 3.05) is 11.5 Å². The molecule has 19 heavy (non-hydrogen) atoms. The molecule has 3 unspecified atom stereocenters. The van der Waals surface area contributed by atoms with Gasteiger partial charge >= 0.3 is 0 Å². The van der Waals surface area contributed by atoms with Crippen molar-refractivity contribution >= 4 is 9.84 Å². The topological polar surface area (TPSA) is 46.2 Å². The predicted molar refractivity (Wildman–Crippen MR) is 80.0 cm³/mol. The molecule has 1 heterocycles. The normalized spacial score (nSPS) is 39.4. The molecule has 4 heteroatoms. The summed E-state index contributed by atoms with van der Waals surface area (Å²) < 4.78 is 23.5. The van der Waals surface area contributed by atoms with Crippen molar-refractivity contribution < 1.29 is 8.42 Å². The van der Waals surface area contributed by atoms with Crippen LogP contribution in [0.25, 0.3) is 0 Å². The van der Waals surface area contributed by atoms with Crippen molar-refractivity contribution in [2.45, 2.75) is 71.4 Å². The van der Waals surface area contributed by atoms with Crippen molar-refractivity contribution in [3.05, 3.63) is 0 Å². The van der Waals surface area contributed by atoms with E-state index in [-0.39, 0.29) is 5.54 Å². The van der Waals surface area contributed by atoms with Gasteiger partial charge in [-0.15, -0.1) is 0 Å². The molecule has 0 bridgehead atoms. The predicted octanol–water partition coefficient (Wildman–Crippen LogP) is 2.76. The molecule has 1 aliphatic carbocycles. The van der Waals surface area contributed by atoms with Gasteiger partial charge in [-0.3, -0.25) is 0 Å². The van der Waals surface area contributed by atoms with Crippen molar-refractivity contribution in [1.29, 1.82) is 0 Å². The third-order valence-corrected chi connectivity index (χ3v) is 6.82. The summed E-state index contributed by atoms with van der Waals surface area (Å²) in [5.41, 5.74) is 0.0935. The molecular weight excluding hydrogens is 258 g/mol. The first-order valence-electron chi connectivity index (χ1n) is 7.59. The molecule has 1 aliphatic heterocycles. The average molecular weight is 287 g/mol. The van der Waals surface area contributed by atoms with Crippen LogP contribution < -0.4 is 5.32 Å².